The molecule has 1 unspecified atom stereocenters. The molecular weight excluding hydrogens is 296 g/mol. The number of benzene rings is 1. The molecule has 120 valence electrons. The van der Waals surface area contributed by atoms with Crippen LogP contribution in [0.2, 0.25) is 5.02 Å². The zero-order valence-corrected chi connectivity index (χ0v) is 14.1. The van der Waals surface area contributed by atoms with Gasteiger partial charge in [-0.25, -0.2) is 0 Å². The molecule has 22 heavy (non-hydrogen) atoms. The standard InChI is InChI=1S/C18H25ClN2O/c1-20(18(22)14-7-4-8-14)16-9-5-11-21(13-16)12-15-6-2-3-10-17(15)19/h2-3,6,10,14,16H,4-5,7-9,11-13H2,1H3. The van der Waals surface area contributed by atoms with E-state index in [1.165, 1.54) is 12.0 Å². The number of carbonyl (C=O) groups excluding carboxylic acids is 1. The van der Waals surface area contributed by atoms with Crippen molar-refractivity contribution in [2.24, 2.45) is 5.92 Å². The zero-order valence-electron chi connectivity index (χ0n) is 13.3. The van der Waals surface area contributed by atoms with Crippen LogP contribution in [0.5, 0.6) is 0 Å². The van der Waals surface area contributed by atoms with Crippen LogP contribution in [-0.4, -0.2) is 41.9 Å². The molecule has 0 radical (unpaired) electrons. The highest BCUT2D eigenvalue weighted by atomic mass is 35.5. The van der Waals surface area contributed by atoms with Crippen LogP contribution in [-0.2, 0) is 11.3 Å². The highest BCUT2D eigenvalue weighted by Crippen LogP contribution is 2.29. The van der Waals surface area contributed by atoms with Crippen LogP contribution in [0.4, 0.5) is 0 Å². The molecule has 0 spiro atoms. The summed E-state index contributed by atoms with van der Waals surface area (Å²) in [5.41, 5.74) is 1.18. The van der Waals surface area contributed by atoms with Crippen molar-refractivity contribution in [3.63, 3.8) is 0 Å². The normalized spacial score (nSPS) is 23.1. The molecule has 1 amide bonds. The van der Waals surface area contributed by atoms with Crippen LogP contribution >= 0.6 is 11.6 Å². The molecule has 4 heteroatoms. The van der Waals surface area contributed by atoms with Crippen LogP contribution in [0.25, 0.3) is 0 Å². The van der Waals surface area contributed by atoms with Gasteiger partial charge in [0, 0.05) is 37.1 Å². The average molecular weight is 321 g/mol. The fraction of sp³-hybridized carbons (Fsp3) is 0.611. The molecule has 1 aliphatic carbocycles. The topological polar surface area (TPSA) is 23.6 Å². The van der Waals surface area contributed by atoms with Crippen molar-refractivity contribution in [2.45, 2.75) is 44.7 Å². The minimum absolute atomic E-state index is 0.295. The van der Waals surface area contributed by atoms with E-state index in [9.17, 15) is 4.79 Å². The summed E-state index contributed by atoms with van der Waals surface area (Å²) in [4.78, 5) is 16.9. The third kappa shape index (κ3) is 3.47. The minimum atomic E-state index is 0.295. The summed E-state index contributed by atoms with van der Waals surface area (Å²) in [5.74, 6) is 0.653. The highest BCUT2D eigenvalue weighted by Gasteiger charge is 2.32. The second-order valence-electron chi connectivity index (χ2n) is 6.70. The number of likely N-dealkylation sites (N-methyl/N-ethyl adjacent to an activating group) is 1. The second-order valence-corrected chi connectivity index (χ2v) is 7.11. The first-order chi connectivity index (χ1) is 10.6. The molecule has 1 aromatic carbocycles. The Morgan fingerprint density at radius 3 is 2.73 bits per heavy atom. The minimum Gasteiger partial charge on any atom is -0.341 e. The van der Waals surface area contributed by atoms with Crippen LogP contribution in [0.15, 0.2) is 24.3 Å². The first-order valence-corrected chi connectivity index (χ1v) is 8.75. The lowest BCUT2D eigenvalue weighted by Gasteiger charge is -2.40. The summed E-state index contributed by atoms with van der Waals surface area (Å²) >= 11 is 6.27. The van der Waals surface area contributed by atoms with Crippen molar-refractivity contribution in [1.82, 2.24) is 9.80 Å². The SMILES string of the molecule is CN(C(=O)C1CCC1)C1CCCN(Cc2ccccc2Cl)C1. The monoisotopic (exact) mass is 320 g/mol. The van der Waals surface area contributed by atoms with E-state index in [1.807, 2.05) is 30.1 Å². The van der Waals surface area contributed by atoms with E-state index < -0.39 is 0 Å². The summed E-state index contributed by atoms with van der Waals surface area (Å²) in [7, 11) is 1.99. The van der Waals surface area contributed by atoms with E-state index in [1.54, 1.807) is 0 Å². The molecule has 1 atom stereocenters. The Morgan fingerprint density at radius 1 is 1.27 bits per heavy atom. The van der Waals surface area contributed by atoms with Gasteiger partial charge >= 0.3 is 0 Å². The number of rotatable bonds is 4. The maximum Gasteiger partial charge on any atom is 0.225 e. The predicted octanol–water partition coefficient (Wildman–Crippen LogP) is 3.56. The van der Waals surface area contributed by atoms with E-state index >= 15 is 0 Å². The molecule has 0 bridgehead atoms. The van der Waals surface area contributed by atoms with Crippen LogP contribution in [0.3, 0.4) is 0 Å². The van der Waals surface area contributed by atoms with E-state index in [-0.39, 0.29) is 0 Å². The van der Waals surface area contributed by atoms with Gasteiger partial charge in [0.25, 0.3) is 0 Å². The molecular formula is C18H25ClN2O. The Balaban J connectivity index is 1.59. The molecule has 0 N–H and O–H groups in total. The van der Waals surface area contributed by atoms with Gasteiger partial charge in [0.2, 0.25) is 5.91 Å². The van der Waals surface area contributed by atoms with Gasteiger partial charge in [0.15, 0.2) is 0 Å². The number of hydrogen-bond donors (Lipinski definition) is 0. The summed E-state index contributed by atoms with van der Waals surface area (Å²) < 4.78 is 0. The summed E-state index contributed by atoms with van der Waals surface area (Å²) in [6.45, 7) is 2.93. The molecule has 1 heterocycles. The van der Waals surface area contributed by atoms with Crippen molar-refractivity contribution < 1.29 is 4.79 Å². The number of likely N-dealkylation sites (tertiary alicyclic amines) is 1. The lowest BCUT2D eigenvalue weighted by molar-refractivity contribution is -0.140. The number of hydrogen-bond acceptors (Lipinski definition) is 2. The van der Waals surface area contributed by atoms with E-state index in [4.69, 9.17) is 11.6 Å². The molecule has 1 aromatic rings. The Morgan fingerprint density at radius 2 is 2.05 bits per heavy atom. The largest absolute Gasteiger partial charge is 0.341 e. The Kier molecular flexibility index (Phi) is 5.04. The van der Waals surface area contributed by atoms with E-state index in [0.29, 0.717) is 17.9 Å². The third-order valence-electron chi connectivity index (χ3n) is 5.18. The van der Waals surface area contributed by atoms with Crippen LogP contribution in [0.1, 0.15) is 37.7 Å². The van der Waals surface area contributed by atoms with Crippen molar-refractivity contribution in [1.29, 1.82) is 0 Å². The van der Waals surface area contributed by atoms with E-state index in [2.05, 4.69) is 11.0 Å². The Hall–Kier alpha value is -1.06. The first-order valence-electron chi connectivity index (χ1n) is 8.37. The van der Waals surface area contributed by atoms with Crippen LogP contribution < -0.4 is 0 Å². The highest BCUT2D eigenvalue weighted by molar-refractivity contribution is 6.31. The predicted molar refractivity (Wildman–Crippen MR) is 89.9 cm³/mol. The third-order valence-corrected chi connectivity index (χ3v) is 5.55. The Labute approximate surface area is 138 Å². The Bertz CT molecular complexity index is 530. The number of halogens is 1. The fourth-order valence-corrected chi connectivity index (χ4v) is 3.68. The van der Waals surface area contributed by atoms with Gasteiger partial charge in [-0.05, 0) is 43.9 Å². The second kappa shape index (κ2) is 7.01. The van der Waals surface area contributed by atoms with Crippen molar-refractivity contribution in [2.75, 3.05) is 20.1 Å². The van der Waals surface area contributed by atoms with Gasteiger partial charge in [0.1, 0.15) is 0 Å². The number of carbonyl (C=O) groups is 1. The zero-order chi connectivity index (χ0) is 15.5. The van der Waals surface area contributed by atoms with Crippen molar-refractivity contribution in [3.8, 4) is 0 Å². The fourth-order valence-electron chi connectivity index (χ4n) is 3.48. The maximum absolute atomic E-state index is 12.4. The smallest absolute Gasteiger partial charge is 0.225 e. The summed E-state index contributed by atoms with van der Waals surface area (Å²) in [6.07, 6.45) is 5.65. The van der Waals surface area contributed by atoms with Crippen molar-refractivity contribution >= 4 is 17.5 Å². The number of piperidine rings is 1. The summed E-state index contributed by atoms with van der Waals surface area (Å²) in [5, 5.41) is 0.837. The average Bonchev–Trinajstić information content (AvgIpc) is 2.47. The molecule has 1 saturated carbocycles. The van der Waals surface area contributed by atoms with Gasteiger partial charge < -0.3 is 4.90 Å². The molecule has 1 aliphatic heterocycles. The first kappa shape index (κ1) is 15.8. The lowest BCUT2D eigenvalue weighted by Crippen LogP contribution is -2.50. The molecule has 0 aromatic heterocycles. The molecule has 1 saturated heterocycles. The van der Waals surface area contributed by atoms with Gasteiger partial charge in [-0.15, -0.1) is 0 Å². The molecule has 2 aliphatic rings. The quantitative estimate of drug-likeness (QED) is 0.847. The van der Waals surface area contributed by atoms with Gasteiger partial charge in [-0.2, -0.15) is 0 Å². The molecule has 2 fully saturated rings. The maximum atomic E-state index is 12.4. The van der Waals surface area contributed by atoms with Gasteiger partial charge in [-0.3, -0.25) is 9.69 Å². The lowest BCUT2D eigenvalue weighted by atomic mass is 9.84. The number of nitrogens with zero attached hydrogens (tertiary/aromatic N) is 2. The molecule has 3 rings (SSSR count). The number of amides is 1. The molecule has 3 nitrogen and oxygen atoms in total. The van der Waals surface area contributed by atoms with Crippen molar-refractivity contribution in [3.05, 3.63) is 34.9 Å². The summed E-state index contributed by atoms with van der Waals surface area (Å²) in [6, 6.07) is 8.40. The van der Waals surface area contributed by atoms with Crippen LogP contribution in [0, 0.1) is 5.92 Å². The van der Waals surface area contributed by atoms with E-state index in [0.717, 1.165) is 50.3 Å². The van der Waals surface area contributed by atoms with Gasteiger partial charge in [-0.1, -0.05) is 36.2 Å². The van der Waals surface area contributed by atoms with Gasteiger partial charge in [0.05, 0.1) is 0 Å².